The Bertz CT molecular complexity index is 525. The number of nitrogens with zero attached hydrogens (tertiary/aromatic N) is 1. The van der Waals surface area contributed by atoms with Crippen molar-refractivity contribution in [1.82, 2.24) is 10.3 Å². The molecule has 6 nitrogen and oxygen atoms in total. The quantitative estimate of drug-likeness (QED) is 0.800. The monoisotopic (exact) mass is 311 g/mol. The van der Waals surface area contributed by atoms with Gasteiger partial charge >= 0.3 is 12.0 Å². The summed E-state index contributed by atoms with van der Waals surface area (Å²) in [4.78, 5) is 28.8. The first kappa shape index (κ1) is 15.8. The largest absolute Gasteiger partial charge is 0.480 e. The van der Waals surface area contributed by atoms with E-state index in [0.29, 0.717) is 5.13 Å². The number of fused-ring (bicyclic) bond motifs is 1. The van der Waals surface area contributed by atoms with Crippen molar-refractivity contribution in [2.45, 2.75) is 52.5 Å². The van der Waals surface area contributed by atoms with Crippen molar-refractivity contribution in [1.29, 1.82) is 0 Å². The Morgan fingerprint density at radius 3 is 2.52 bits per heavy atom. The van der Waals surface area contributed by atoms with Crippen LogP contribution in [0.15, 0.2) is 0 Å². The summed E-state index contributed by atoms with van der Waals surface area (Å²) in [5, 5.41) is 14.9. The first-order chi connectivity index (χ1) is 9.77. The number of nitrogens with one attached hydrogen (secondary N) is 2. The standard InChI is InChI=1S/C14H21N3O3S/c1-14(2,3)10(11(18)19)16-12(20)17-13-15-8-6-4-5-7-9(8)21-13/h10H,4-7H2,1-3H3,(H,18,19)(H2,15,16,17,20). The van der Waals surface area contributed by atoms with E-state index in [1.165, 1.54) is 16.2 Å². The number of aromatic nitrogens is 1. The van der Waals surface area contributed by atoms with Crippen molar-refractivity contribution < 1.29 is 14.7 Å². The minimum Gasteiger partial charge on any atom is -0.480 e. The highest BCUT2D eigenvalue weighted by molar-refractivity contribution is 7.15. The number of urea groups is 1. The number of carbonyl (C=O) groups is 2. The first-order valence-corrected chi connectivity index (χ1v) is 7.88. The fourth-order valence-electron chi connectivity index (χ4n) is 2.32. The normalized spacial score (nSPS) is 16.0. The zero-order valence-electron chi connectivity index (χ0n) is 12.5. The molecule has 2 rings (SSSR count). The summed E-state index contributed by atoms with van der Waals surface area (Å²) < 4.78 is 0. The summed E-state index contributed by atoms with van der Waals surface area (Å²) >= 11 is 1.48. The average Bonchev–Trinajstić information content (AvgIpc) is 2.76. The number of amides is 2. The SMILES string of the molecule is CC(C)(C)C(NC(=O)Nc1nc2c(s1)CCCC2)C(=O)O. The summed E-state index contributed by atoms with van der Waals surface area (Å²) in [5.41, 5.74) is 0.498. The smallest absolute Gasteiger partial charge is 0.326 e. The molecule has 116 valence electrons. The molecule has 1 aliphatic carbocycles. The van der Waals surface area contributed by atoms with E-state index in [2.05, 4.69) is 15.6 Å². The van der Waals surface area contributed by atoms with Gasteiger partial charge in [0, 0.05) is 4.88 Å². The van der Waals surface area contributed by atoms with Crippen LogP contribution in [0.25, 0.3) is 0 Å². The maximum absolute atomic E-state index is 12.0. The molecule has 1 aromatic heterocycles. The lowest BCUT2D eigenvalue weighted by Crippen LogP contribution is -2.50. The molecule has 0 aliphatic heterocycles. The number of hydrogen-bond acceptors (Lipinski definition) is 4. The Hall–Kier alpha value is -1.63. The number of carbonyl (C=O) groups excluding carboxylic acids is 1. The number of aliphatic carboxylic acids is 1. The second-order valence-corrected chi connectivity index (χ2v) is 7.42. The minimum absolute atomic E-state index is 0.525. The molecule has 1 heterocycles. The van der Waals surface area contributed by atoms with Gasteiger partial charge in [0.15, 0.2) is 5.13 Å². The van der Waals surface area contributed by atoms with Crippen LogP contribution in [0.4, 0.5) is 9.93 Å². The van der Waals surface area contributed by atoms with Crippen LogP contribution < -0.4 is 10.6 Å². The maximum Gasteiger partial charge on any atom is 0.326 e. The minimum atomic E-state index is -1.05. The number of carboxylic acid groups (broad SMARTS) is 1. The highest BCUT2D eigenvalue weighted by Crippen LogP contribution is 2.29. The van der Waals surface area contributed by atoms with E-state index >= 15 is 0 Å². The highest BCUT2D eigenvalue weighted by atomic mass is 32.1. The molecule has 1 atom stereocenters. The van der Waals surface area contributed by atoms with E-state index in [4.69, 9.17) is 0 Å². The first-order valence-electron chi connectivity index (χ1n) is 7.06. The fraction of sp³-hybridized carbons (Fsp3) is 0.643. The number of aryl methyl sites for hydroxylation is 2. The number of hydrogen-bond donors (Lipinski definition) is 3. The van der Waals surface area contributed by atoms with Gasteiger partial charge in [-0.25, -0.2) is 14.6 Å². The Morgan fingerprint density at radius 1 is 1.29 bits per heavy atom. The Morgan fingerprint density at radius 2 is 1.95 bits per heavy atom. The number of rotatable bonds is 3. The summed E-state index contributed by atoms with van der Waals surface area (Å²) in [6, 6.07) is -1.48. The molecule has 0 bridgehead atoms. The van der Waals surface area contributed by atoms with Gasteiger partial charge < -0.3 is 10.4 Å². The Balaban J connectivity index is 2.01. The van der Waals surface area contributed by atoms with Gasteiger partial charge in [-0.3, -0.25) is 5.32 Å². The third-order valence-electron chi connectivity index (χ3n) is 3.45. The predicted molar refractivity (Wildman–Crippen MR) is 81.8 cm³/mol. The molecular formula is C14H21N3O3S. The van der Waals surface area contributed by atoms with Gasteiger partial charge in [-0.2, -0.15) is 0 Å². The van der Waals surface area contributed by atoms with E-state index in [1.54, 1.807) is 20.8 Å². The Kier molecular flexibility index (Phi) is 4.51. The van der Waals surface area contributed by atoms with Gasteiger partial charge in [0.1, 0.15) is 6.04 Å². The number of carboxylic acids is 1. The van der Waals surface area contributed by atoms with Crippen LogP contribution in [0.1, 0.15) is 44.2 Å². The molecule has 0 aromatic carbocycles. The van der Waals surface area contributed by atoms with Gasteiger partial charge in [0.2, 0.25) is 0 Å². The van der Waals surface area contributed by atoms with Gasteiger partial charge in [0.05, 0.1) is 5.69 Å². The predicted octanol–water partition coefficient (Wildman–Crippen LogP) is 2.64. The molecule has 3 N–H and O–H groups in total. The summed E-state index contributed by atoms with van der Waals surface area (Å²) in [6.45, 7) is 5.32. The van der Waals surface area contributed by atoms with Crippen LogP contribution in [0.2, 0.25) is 0 Å². The van der Waals surface area contributed by atoms with E-state index < -0.39 is 23.5 Å². The van der Waals surface area contributed by atoms with E-state index in [-0.39, 0.29) is 0 Å². The van der Waals surface area contributed by atoms with Crippen molar-refractivity contribution in [3.63, 3.8) is 0 Å². The van der Waals surface area contributed by atoms with Crippen LogP contribution in [0.5, 0.6) is 0 Å². The molecule has 1 aromatic rings. The molecular weight excluding hydrogens is 290 g/mol. The summed E-state index contributed by atoms with van der Waals surface area (Å²) in [6.07, 6.45) is 4.25. The lowest BCUT2D eigenvalue weighted by Gasteiger charge is -2.27. The molecule has 0 saturated heterocycles. The second-order valence-electron chi connectivity index (χ2n) is 6.33. The van der Waals surface area contributed by atoms with Crippen molar-refractivity contribution in [3.05, 3.63) is 10.6 Å². The van der Waals surface area contributed by atoms with Crippen molar-refractivity contribution in [2.75, 3.05) is 5.32 Å². The van der Waals surface area contributed by atoms with Crippen molar-refractivity contribution >= 4 is 28.5 Å². The van der Waals surface area contributed by atoms with E-state index in [9.17, 15) is 14.7 Å². The lowest BCUT2D eigenvalue weighted by molar-refractivity contribution is -0.141. The molecule has 0 fully saturated rings. The lowest BCUT2D eigenvalue weighted by atomic mass is 9.87. The van der Waals surface area contributed by atoms with Gasteiger partial charge in [-0.05, 0) is 31.1 Å². The molecule has 0 spiro atoms. The molecule has 21 heavy (non-hydrogen) atoms. The fourth-order valence-corrected chi connectivity index (χ4v) is 3.36. The van der Waals surface area contributed by atoms with Gasteiger partial charge in [-0.15, -0.1) is 11.3 Å². The number of thiazole rings is 1. The van der Waals surface area contributed by atoms with Gasteiger partial charge in [-0.1, -0.05) is 20.8 Å². The number of anilines is 1. The van der Waals surface area contributed by atoms with Crippen molar-refractivity contribution in [2.24, 2.45) is 5.41 Å². The maximum atomic E-state index is 12.0. The summed E-state index contributed by atoms with van der Waals surface area (Å²) in [5.74, 6) is -1.05. The van der Waals surface area contributed by atoms with Crippen LogP contribution in [-0.2, 0) is 17.6 Å². The molecule has 0 saturated carbocycles. The molecule has 2 amide bonds. The molecule has 7 heteroatoms. The van der Waals surface area contributed by atoms with Crippen molar-refractivity contribution in [3.8, 4) is 0 Å². The molecule has 0 radical (unpaired) electrons. The van der Waals surface area contributed by atoms with Crippen LogP contribution in [0, 0.1) is 5.41 Å². The van der Waals surface area contributed by atoms with Crippen LogP contribution in [0.3, 0.4) is 0 Å². The topological polar surface area (TPSA) is 91.3 Å². The highest BCUT2D eigenvalue weighted by Gasteiger charge is 2.32. The zero-order chi connectivity index (χ0) is 15.6. The second kappa shape index (κ2) is 6.01. The Labute approximate surface area is 128 Å². The zero-order valence-corrected chi connectivity index (χ0v) is 13.3. The molecule has 1 aliphatic rings. The van der Waals surface area contributed by atoms with Crippen LogP contribution in [-0.4, -0.2) is 28.1 Å². The third kappa shape index (κ3) is 3.93. The average molecular weight is 311 g/mol. The van der Waals surface area contributed by atoms with Gasteiger partial charge in [0.25, 0.3) is 0 Å². The van der Waals surface area contributed by atoms with Crippen LogP contribution >= 0.6 is 11.3 Å². The van der Waals surface area contributed by atoms with E-state index in [0.717, 1.165) is 31.4 Å². The summed E-state index contributed by atoms with van der Waals surface area (Å²) in [7, 11) is 0. The van der Waals surface area contributed by atoms with E-state index in [1.807, 2.05) is 0 Å². The third-order valence-corrected chi connectivity index (χ3v) is 4.53. The molecule has 1 unspecified atom stereocenters.